The second kappa shape index (κ2) is 12.8. The fourth-order valence-corrected chi connectivity index (χ4v) is 5.82. The van der Waals surface area contributed by atoms with Crippen molar-refractivity contribution in [3.8, 4) is 0 Å². The number of benzene rings is 1. The Balaban J connectivity index is 1.53. The molecule has 4 N–H and O–H groups in total. The van der Waals surface area contributed by atoms with E-state index in [0.717, 1.165) is 12.8 Å². The van der Waals surface area contributed by atoms with Crippen molar-refractivity contribution in [2.75, 3.05) is 13.1 Å². The molecule has 2 aromatic rings. The molecule has 2 saturated heterocycles. The maximum Gasteiger partial charge on any atom is 0.303 e. The van der Waals surface area contributed by atoms with Gasteiger partial charge >= 0.3 is 5.97 Å². The SMILES string of the molecule is Cn1c(Cl)ccc(CNC(=O)[C@@H](CCC(=O)O)N2CCC(CCc3ccccc3)N3C[C@H](N)C[C@H]3C2=O)c1=O. The van der Waals surface area contributed by atoms with Gasteiger partial charge in [-0.15, -0.1) is 0 Å². The number of carboxylic acid groups (broad SMARTS) is 1. The van der Waals surface area contributed by atoms with Crippen LogP contribution in [-0.2, 0) is 34.4 Å². The standard InChI is InChI=1S/C28H36ClN5O5/c1-32-24(29)11-8-19(27(32)38)16-31-26(37)22(10-12-25(35)36)33-14-13-21(9-7-18-5-3-2-4-6-18)34-17-20(30)15-23(34)28(33)39/h2-6,8,11,20-23H,7,9-10,12-17,30H2,1H3,(H,31,37)(H,35,36)/t20-,21?,22-,23+/m1/s1. The average Bonchev–Trinajstić information content (AvgIpc) is 3.26. The Kier molecular flexibility index (Phi) is 9.42. The van der Waals surface area contributed by atoms with Crippen LogP contribution in [-0.4, -0.2) is 74.5 Å². The van der Waals surface area contributed by atoms with Gasteiger partial charge in [0.1, 0.15) is 11.2 Å². The Morgan fingerprint density at radius 1 is 1.18 bits per heavy atom. The molecule has 1 aromatic heterocycles. The van der Waals surface area contributed by atoms with Crippen LogP contribution in [0.25, 0.3) is 0 Å². The first-order valence-corrected chi connectivity index (χ1v) is 13.7. The van der Waals surface area contributed by atoms with Crippen molar-refractivity contribution >= 4 is 29.4 Å². The molecule has 1 unspecified atom stereocenters. The lowest BCUT2D eigenvalue weighted by Crippen LogP contribution is -2.53. The van der Waals surface area contributed by atoms with Crippen molar-refractivity contribution in [2.24, 2.45) is 12.8 Å². The summed E-state index contributed by atoms with van der Waals surface area (Å²) in [6.45, 7) is 0.880. The van der Waals surface area contributed by atoms with E-state index in [-0.39, 0.29) is 48.1 Å². The van der Waals surface area contributed by atoms with E-state index >= 15 is 0 Å². The van der Waals surface area contributed by atoms with Crippen molar-refractivity contribution in [3.63, 3.8) is 0 Å². The highest BCUT2D eigenvalue weighted by atomic mass is 35.5. The highest BCUT2D eigenvalue weighted by Gasteiger charge is 2.45. The fraction of sp³-hybridized carbons (Fsp3) is 0.500. The Morgan fingerprint density at radius 2 is 1.92 bits per heavy atom. The van der Waals surface area contributed by atoms with Gasteiger partial charge in [0.15, 0.2) is 0 Å². The highest BCUT2D eigenvalue weighted by molar-refractivity contribution is 6.29. The molecule has 2 aliphatic heterocycles. The normalized spacial score (nSPS) is 22.3. The van der Waals surface area contributed by atoms with Crippen molar-refractivity contribution in [3.05, 3.63) is 69.1 Å². The molecule has 2 amide bonds. The molecule has 1 aromatic carbocycles. The van der Waals surface area contributed by atoms with Crippen LogP contribution in [0.4, 0.5) is 0 Å². The zero-order valence-corrected chi connectivity index (χ0v) is 22.8. The van der Waals surface area contributed by atoms with Gasteiger partial charge in [0, 0.05) is 50.7 Å². The van der Waals surface area contributed by atoms with E-state index in [9.17, 15) is 24.3 Å². The molecule has 0 spiro atoms. The molecule has 3 heterocycles. The van der Waals surface area contributed by atoms with E-state index in [1.165, 1.54) is 22.1 Å². The molecular weight excluding hydrogens is 522 g/mol. The summed E-state index contributed by atoms with van der Waals surface area (Å²) in [4.78, 5) is 54.9. The summed E-state index contributed by atoms with van der Waals surface area (Å²) < 4.78 is 1.27. The molecule has 0 aliphatic carbocycles. The molecule has 39 heavy (non-hydrogen) atoms. The van der Waals surface area contributed by atoms with Crippen molar-refractivity contribution < 1.29 is 19.5 Å². The number of hydrogen-bond acceptors (Lipinski definition) is 6. The van der Waals surface area contributed by atoms with Gasteiger partial charge in [-0.25, -0.2) is 0 Å². The lowest BCUT2D eigenvalue weighted by molar-refractivity contribution is -0.144. The van der Waals surface area contributed by atoms with Crippen LogP contribution in [0.1, 0.15) is 43.2 Å². The molecule has 210 valence electrons. The molecule has 2 aliphatic rings. The van der Waals surface area contributed by atoms with Gasteiger partial charge in [0.25, 0.3) is 5.56 Å². The molecule has 2 fully saturated rings. The van der Waals surface area contributed by atoms with Crippen molar-refractivity contribution in [1.29, 1.82) is 0 Å². The summed E-state index contributed by atoms with van der Waals surface area (Å²) in [5, 5.41) is 12.4. The zero-order valence-electron chi connectivity index (χ0n) is 22.1. The van der Waals surface area contributed by atoms with E-state index in [2.05, 4.69) is 22.3 Å². The molecule has 0 bridgehead atoms. The second-order valence-corrected chi connectivity index (χ2v) is 10.8. The van der Waals surface area contributed by atoms with Crippen LogP contribution < -0.4 is 16.6 Å². The molecule has 4 rings (SSSR count). The molecule has 0 saturated carbocycles. The van der Waals surface area contributed by atoms with Crippen molar-refractivity contribution in [2.45, 2.75) is 69.2 Å². The van der Waals surface area contributed by atoms with E-state index in [1.54, 1.807) is 12.1 Å². The zero-order chi connectivity index (χ0) is 28.1. The van der Waals surface area contributed by atoms with Gasteiger partial charge in [-0.3, -0.25) is 24.1 Å². The largest absolute Gasteiger partial charge is 0.481 e. The third-order valence-electron chi connectivity index (χ3n) is 7.81. The molecule has 10 nitrogen and oxygen atoms in total. The van der Waals surface area contributed by atoms with Gasteiger partial charge in [-0.05, 0) is 49.8 Å². The number of nitrogens with zero attached hydrogens (tertiary/aromatic N) is 3. The van der Waals surface area contributed by atoms with E-state index in [0.29, 0.717) is 31.5 Å². The van der Waals surface area contributed by atoms with Gasteiger partial charge in [-0.1, -0.05) is 41.9 Å². The van der Waals surface area contributed by atoms with E-state index in [4.69, 9.17) is 17.3 Å². The smallest absolute Gasteiger partial charge is 0.303 e. The number of aliphatic carboxylic acids is 1. The summed E-state index contributed by atoms with van der Waals surface area (Å²) in [6.07, 6.45) is 2.55. The minimum Gasteiger partial charge on any atom is -0.481 e. The van der Waals surface area contributed by atoms with Crippen LogP contribution in [0.15, 0.2) is 47.3 Å². The van der Waals surface area contributed by atoms with Crippen LogP contribution in [0.2, 0.25) is 5.15 Å². The number of rotatable bonds is 10. The summed E-state index contributed by atoms with van der Waals surface area (Å²) in [6, 6.07) is 11.8. The fourth-order valence-electron chi connectivity index (χ4n) is 5.68. The summed E-state index contributed by atoms with van der Waals surface area (Å²) in [5.74, 6) is -1.73. The molecule has 0 radical (unpaired) electrons. The third kappa shape index (κ3) is 6.87. The number of fused-ring (bicyclic) bond motifs is 1. The first kappa shape index (κ1) is 28.8. The Labute approximate surface area is 232 Å². The van der Waals surface area contributed by atoms with Crippen LogP contribution in [0.3, 0.4) is 0 Å². The lowest BCUT2D eigenvalue weighted by Gasteiger charge is -2.32. The number of pyridine rings is 1. The molecular formula is C28H36ClN5O5. The summed E-state index contributed by atoms with van der Waals surface area (Å²) >= 11 is 5.99. The number of nitrogens with one attached hydrogen (secondary N) is 1. The third-order valence-corrected chi connectivity index (χ3v) is 8.19. The quantitative estimate of drug-likeness (QED) is 0.377. The lowest BCUT2D eigenvalue weighted by atomic mass is 10.0. The first-order valence-electron chi connectivity index (χ1n) is 13.3. The van der Waals surface area contributed by atoms with Gasteiger partial charge in [-0.2, -0.15) is 0 Å². The highest BCUT2D eigenvalue weighted by Crippen LogP contribution is 2.30. The van der Waals surface area contributed by atoms with Gasteiger partial charge in [0.2, 0.25) is 11.8 Å². The van der Waals surface area contributed by atoms with Gasteiger partial charge in [0.05, 0.1) is 6.04 Å². The number of halogens is 1. The topological polar surface area (TPSA) is 138 Å². The van der Waals surface area contributed by atoms with E-state index < -0.39 is 24.0 Å². The number of carbonyl (C=O) groups is 3. The maximum atomic E-state index is 13.8. The van der Waals surface area contributed by atoms with Crippen LogP contribution >= 0.6 is 11.6 Å². The molecule has 11 heteroatoms. The Bertz CT molecular complexity index is 1250. The second-order valence-electron chi connectivity index (χ2n) is 10.4. The van der Waals surface area contributed by atoms with Crippen LogP contribution in [0, 0.1) is 0 Å². The van der Waals surface area contributed by atoms with Gasteiger partial charge < -0.3 is 25.6 Å². The molecule has 4 atom stereocenters. The Morgan fingerprint density at radius 3 is 2.64 bits per heavy atom. The first-order chi connectivity index (χ1) is 18.7. The maximum absolute atomic E-state index is 13.8. The number of carbonyl (C=O) groups excluding carboxylic acids is 2. The van der Waals surface area contributed by atoms with E-state index in [1.807, 2.05) is 18.2 Å². The number of aryl methyl sites for hydroxylation is 1. The predicted octanol–water partition coefficient (Wildman–Crippen LogP) is 1.52. The summed E-state index contributed by atoms with van der Waals surface area (Å²) in [5.41, 5.74) is 7.51. The number of hydrogen-bond donors (Lipinski definition) is 3. The van der Waals surface area contributed by atoms with Crippen molar-refractivity contribution in [1.82, 2.24) is 19.7 Å². The van der Waals surface area contributed by atoms with Crippen LogP contribution in [0.5, 0.6) is 0 Å². The number of amides is 2. The monoisotopic (exact) mass is 557 g/mol. The minimum absolute atomic E-state index is 0.0288. The Hall–Kier alpha value is -3.21. The minimum atomic E-state index is -1.05. The average molecular weight is 558 g/mol. The predicted molar refractivity (Wildman–Crippen MR) is 147 cm³/mol. The number of nitrogens with two attached hydrogens (primary N) is 1. The number of carboxylic acids is 1. The number of aromatic nitrogens is 1. The summed E-state index contributed by atoms with van der Waals surface area (Å²) in [7, 11) is 1.54.